The first-order valence-electron chi connectivity index (χ1n) is 11.5. The van der Waals surface area contributed by atoms with E-state index in [2.05, 4.69) is 5.32 Å². The van der Waals surface area contributed by atoms with Crippen LogP contribution in [0.1, 0.15) is 22.3 Å². The van der Waals surface area contributed by atoms with Gasteiger partial charge in [-0.25, -0.2) is 4.98 Å². The molecule has 3 aromatic carbocycles. The van der Waals surface area contributed by atoms with Gasteiger partial charge in [0, 0.05) is 17.4 Å². The van der Waals surface area contributed by atoms with Gasteiger partial charge in [0.15, 0.2) is 11.4 Å². The van der Waals surface area contributed by atoms with Crippen LogP contribution in [0.15, 0.2) is 91.1 Å². The van der Waals surface area contributed by atoms with Gasteiger partial charge in [0.2, 0.25) is 0 Å². The summed E-state index contributed by atoms with van der Waals surface area (Å²) < 4.78 is 47.5. The standard InChI is InChI=1S/C29H24F3N3O/c1-19-8-6-9-20(2)25(19)33-28-26(22-13-15-23(16-14-22)29(30,31)32)34-27-24(12-7-17-35(27)28)36-18-21-10-4-3-5-11-21/h3-17,33H,18H2,1-2H3. The molecule has 36 heavy (non-hydrogen) atoms. The summed E-state index contributed by atoms with van der Waals surface area (Å²) in [4.78, 5) is 4.84. The largest absolute Gasteiger partial charge is 0.485 e. The zero-order valence-electron chi connectivity index (χ0n) is 19.8. The Bertz CT molecular complexity index is 1490. The van der Waals surface area contributed by atoms with Crippen LogP contribution in [0.3, 0.4) is 0 Å². The molecular formula is C29H24F3N3O. The molecule has 4 nitrogen and oxygen atoms in total. The van der Waals surface area contributed by atoms with Gasteiger partial charge >= 0.3 is 6.18 Å². The molecule has 5 rings (SSSR count). The highest BCUT2D eigenvalue weighted by molar-refractivity contribution is 5.82. The second kappa shape index (κ2) is 9.41. The maximum atomic E-state index is 13.2. The number of rotatable bonds is 6. The van der Waals surface area contributed by atoms with Crippen LogP contribution >= 0.6 is 0 Å². The summed E-state index contributed by atoms with van der Waals surface area (Å²) in [5.74, 6) is 1.22. The average molecular weight is 488 g/mol. The molecule has 2 heterocycles. The Morgan fingerprint density at radius 2 is 1.53 bits per heavy atom. The van der Waals surface area contributed by atoms with E-state index in [9.17, 15) is 13.2 Å². The highest BCUT2D eigenvalue weighted by atomic mass is 19.4. The molecule has 0 fully saturated rings. The van der Waals surface area contributed by atoms with Crippen LogP contribution in [0.25, 0.3) is 16.9 Å². The number of alkyl halides is 3. The number of para-hydroxylation sites is 1. The second-order valence-electron chi connectivity index (χ2n) is 8.62. The number of hydrogen-bond donors (Lipinski definition) is 1. The molecule has 0 amide bonds. The van der Waals surface area contributed by atoms with Gasteiger partial charge in [0.1, 0.15) is 18.1 Å². The summed E-state index contributed by atoms with van der Waals surface area (Å²) in [7, 11) is 0. The number of pyridine rings is 1. The van der Waals surface area contributed by atoms with Crippen molar-refractivity contribution in [2.45, 2.75) is 26.6 Å². The highest BCUT2D eigenvalue weighted by Gasteiger charge is 2.30. The first kappa shape index (κ1) is 23.5. The first-order chi connectivity index (χ1) is 17.3. The lowest BCUT2D eigenvalue weighted by molar-refractivity contribution is -0.137. The van der Waals surface area contributed by atoms with E-state index in [4.69, 9.17) is 9.72 Å². The van der Waals surface area contributed by atoms with Gasteiger partial charge in [-0.1, -0.05) is 60.7 Å². The van der Waals surface area contributed by atoms with E-state index in [1.807, 2.05) is 85.1 Å². The smallest absolute Gasteiger partial charge is 0.416 e. The molecule has 2 aromatic heterocycles. The van der Waals surface area contributed by atoms with Crippen molar-refractivity contribution in [1.29, 1.82) is 0 Å². The number of benzene rings is 3. The molecule has 7 heteroatoms. The lowest BCUT2D eigenvalue weighted by atomic mass is 10.1. The van der Waals surface area contributed by atoms with E-state index in [1.165, 1.54) is 12.1 Å². The molecular weight excluding hydrogens is 463 g/mol. The van der Waals surface area contributed by atoms with Crippen LogP contribution < -0.4 is 10.1 Å². The first-order valence-corrected chi connectivity index (χ1v) is 11.5. The van der Waals surface area contributed by atoms with Gasteiger partial charge in [-0.2, -0.15) is 13.2 Å². The number of imidazole rings is 1. The maximum Gasteiger partial charge on any atom is 0.416 e. The van der Waals surface area contributed by atoms with Gasteiger partial charge in [0.05, 0.1) is 5.56 Å². The van der Waals surface area contributed by atoms with E-state index in [-0.39, 0.29) is 0 Å². The van der Waals surface area contributed by atoms with Gasteiger partial charge in [-0.15, -0.1) is 0 Å². The van der Waals surface area contributed by atoms with E-state index in [0.717, 1.165) is 34.5 Å². The molecule has 0 atom stereocenters. The summed E-state index contributed by atoms with van der Waals surface area (Å²) >= 11 is 0. The Morgan fingerprint density at radius 1 is 0.833 bits per heavy atom. The minimum absolute atomic E-state index is 0.364. The monoisotopic (exact) mass is 487 g/mol. The van der Waals surface area contributed by atoms with E-state index < -0.39 is 11.7 Å². The fourth-order valence-electron chi connectivity index (χ4n) is 4.16. The minimum atomic E-state index is -4.41. The van der Waals surface area contributed by atoms with Crippen molar-refractivity contribution < 1.29 is 17.9 Å². The number of aromatic nitrogens is 2. The third-order valence-corrected chi connectivity index (χ3v) is 6.06. The SMILES string of the molecule is Cc1cccc(C)c1Nc1c(-c2ccc(C(F)(F)F)cc2)nc2c(OCc3ccccc3)cccn12. The van der Waals surface area contributed by atoms with E-state index in [0.29, 0.717) is 35.1 Å². The van der Waals surface area contributed by atoms with Crippen LogP contribution in [0, 0.1) is 13.8 Å². The van der Waals surface area contributed by atoms with Crippen LogP contribution in [-0.4, -0.2) is 9.38 Å². The Morgan fingerprint density at radius 3 is 2.19 bits per heavy atom. The number of anilines is 2. The third kappa shape index (κ3) is 4.64. The molecule has 182 valence electrons. The van der Waals surface area contributed by atoms with Crippen molar-refractivity contribution in [2.24, 2.45) is 0 Å². The van der Waals surface area contributed by atoms with E-state index >= 15 is 0 Å². The van der Waals surface area contributed by atoms with Gasteiger partial charge in [0.25, 0.3) is 0 Å². The summed E-state index contributed by atoms with van der Waals surface area (Å²) in [5, 5.41) is 3.50. The predicted molar refractivity (Wildman–Crippen MR) is 136 cm³/mol. The van der Waals surface area contributed by atoms with Crippen LogP contribution in [-0.2, 0) is 12.8 Å². The van der Waals surface area contributed by atoms with Gasteiger partial charge in [-0.05, 0) is 54.8 Å². The lowest BCUT2D eigenvalue weighted by Gasteiger charge is -2.14. The normalized spacial score (nSPS) is 11.6. The highest BCUT2D eigenvalue weighted by Crippen LogP contribution is 2.37. The fraction of sp³-hybridized carbons (Fsp3) is 0.138. The molecule has 0 saturated heterocycles. The number of nitrogens with zero attached hydrogens (tertiary/aromatic N) is 2. The van der Waals surface area contributed by atoms with Crippen molar-refractivity contribution in [3.8, 4) is 17.0 Å². The summed E-state index contributed by atoms with van der Waals surface area (Å²) in [6.45, 7) is 4.37. The summed E-state index contributed by atoms with van der Waals surface area (Å²) in [5.41, 5.74) is 4.98. The number of halogens is 3. The zero-order valence-corrected chi connectivity index (χ0v) is 19.8. The number of nitrogens with one attached hydrogen (secondary N) is 1. The number of fused-ring (bicyclic) bond motifs is 1. The zero-order chi connectivity index (χ0) is 25.3. The molecule has 0 unspecified atom stereocenters. The molecule has 0 spiro atoms. The lowest BCUT2D eigenvalue weighted by Crippen LogP contribution is -2.04. The number of hydrogen-bond acceptors (Lipinski definition) is 3. The van der Waals surface area contributed by atoms with Crippen molar-refractivity contribution in [3.63, 3.8) is 0 Å². The Labute approximate surface area is 207 Å². The Kier molecular flexibility index (Phi) is 6.14. The number of ether oxygens (including phenoxy) is 1. The number of aryl methyl sites for hydroxylation is 2. The average Bonchev–Trinajstić information content (AvgIpc) is 3.24. The summed E-state index contributed by atoms with van der Waals surface area (Å²) in [6.07, 6.45) is -2.55. The molecule has 5 aromatic rings. The molecule has 0 bridgehead atoms. The molecule has 0 saturated carbocycles. The van der Waals surface area contributed by atoms with Crippen molar-refractivity contribution >= 4 is 17.2 Å². The predicted octanol–water partition coefficient (Wildman–Crippen LogP) is 7.96. The van der Waals surface area contributed by atoms with Gasteiger partial charge < -0.3 is 10.1 Å². The quantitative estimate of drug-likeness (QED) is 0.264. The molecule has 0 radical (unpaired) electrons. The Hall–Kier alpha value is -4.26. The van der Waals surface area contributed by atoms with Crippen LogP contribution in [0.5, 0.6) is 5.75 Å². The minimum Gasteiger partial charge on any atom is -0.485 e. The van der Waals surface area contributed by atoms with Gasteiger partial charge in [-0.3, -0.25) is 4.40 Å². The van der Waals surface area contributed by atoms with Crippen molar-refractivity contribution in [2.75, 3.05) is 5.32 Å². The third-order valence-electron chi connectivity index (χ3n) is 6.06. The van der Waals surface area contributed by atoms with Crippen LogP contribution in [0.2, 0.25) is 0 Å². The fourth-order valence-corrected chi connectivity index (χ4v) is 4.16. The summed E-state index contributed by atoms with van der Waals surface area (Å²) in [6, 6.07) is 24.5. The molecule has 0 aliphatic heterocycles. The van der Waals surface area contributed by atoms with Crippen molar-refractivity contribution in [1.82, 2.24) is 9.38 Å². The molecule has 1 N–H and O–H groups in total. The topological polar surface area (TPSA) is 38.6 Å². The molecule has 0 aliphatic rings. The molecule has 0 aliphatic carbocycles. The van der Waals surface area contributed by atoms with Crippen molar-refractivity contribution in [3.05, 3.63) is 113 Å². The van der Waals surface area contributed by atoms with E-state index in [1.54, 1.807) is 0 Å². The second-order valence-corrected chi connectivity index (χ2v) is 8.62. The van der Waals surface area contributed by atoms with Crippen LogP contribution in [0.4, 0.5) is 24.7 Å². The Balaban J connectivity index is 1.62. The maximum absolute atomic E-state index is 13.2.